The van der Waals surface area contributed by atoms with Crippen LogP contribution in [0.25, 0.3) is 0 Å². The average molecular weight is 447 g/mol. The van der Waals surface area contributed by atoms with E-state index < -0.39 is 10.0 Å². The number of anilines is 3. The SMILES string of the molecule is Cc1ccc(Nc2ncc(C)c(NC3CC(C)(C)N(C)C(C)(C)C3)n2)cc1S(N)(=O)=O. The highest BCUT2D eigenvalue weighted by Gasteiger charge is 2.43. The third kappa shape index (κ3) is 5.16. The molecule has 0 unspecified atom stereocenters. The molecule has 1 aromatic heterocycles. The number of nitrogens with zero attached hydrogens (tertiary/aromatic N) is 3. The molecule has 1 fully saturated rings. The van der Waals surface area contributed by atoms with Crippen LogP contribution < -0.4 is 15.8 Å². The highest BCUT2D eigenvalue weighted by atomic mass is 32.2. The zero-order valence-electron chi connectivity index (χ0n) is 19.4. The lowest BCUT2D eigenvalue weighted by Gasteiger charge is -2.53. The van der Waals surface area contributed by atoms with Crippen LogP contribution in [0.15, 0.2) is 29.3 Å². The highest BCUT2D eigenvalue weighted by Crippen LogP contribution is 2.38. The molecule has 2 aromatic rings. The first kappa shape index (κ1) is 23.4. The maximum absolute atomic E-state index is 11.8. The molecule has 0 aliphatic carbocycles. The Kier molecular flexibility index (Phi) is 6.07. The van der Waals surface area contributed by atoms with Crippen LogP contribution in [0.2, 0.25) is 0 Å². The van der Waals surface area contributed by atoms with Gasteiger partial charge in [-0.05, 0) is 79.1 Å². The summed E-state index contributed by atoms with van der Waals surface area (Å²) in [5.41, 5.74) is 2.23. The van der Waals surface area contributed by atoms with Crippen molar-refractivity contribution in [1.29, 1.82) is 0 Å². The summed E-state index contributed by atoms with van der Waals surface area (Å²) in [6.07, 6.45) is 3.75. The summed E-state index contributed by atoms with van der Waals surface area (Å²) >= 11 is 0. The third-order valence-corrected chi connectivity index (χ3v) is 7.42. The Morgan fingerprint density at radius 1 is 1.10 bits per heavy atom. The van der Waals surface area contributed by atoms with Crippen LogP contribution in [0.1, 0.15) is 51.7 Å². The second-order valence-corrected chi connectivity index (χ2v) is 11.3. The van der Waals surface area contributed by atoms with Crippen LogP contribution in [0, 0.1) is 13.8 Å². The Labute approximate surface area is 185 Å². The number of benzene rings is 1. The van der Waals surface area contributed by atoms with E-state index in [1.807, 2.05) is 6.92 Å². The predicted octanol–water partition coefficient (Wildman–Crippen LogP) is 3.55. The lowest BCUT2D eigenvalue weighted by atomic mass is 9.77. The van der Waals surface area contributed by atoms with E-state index in [2.05, 4.69) is 60.2 Å². The molecule has 0 atom stereocenters. The molecule has 1 aliphatic heterocycles. The van der Waals surface area contributed by atoms with Gasteiger partial charge in [-0.15, -0.1) is 0 Å². The predicted molar refractivity (Wildman–Crippen MR) is 125 cm³/mol. The molecule has 1 saturated heterocycles. The molecule has 8 nitrogen and oxygen atoms in total. The van der Waals surface area contributed by atoms with Gasteiger partial charge in [0.15, 0.2) is 0 Å². The van der Waals surface area contributed by atoms with E-state index in [-0.39, 0.29) is 22.0 Å². The molecule has 31 heavy (non-hydrogen) atoms. The number of sulfonamides is 1. The molecule has 0 saturated carbocycles. The standard InChI is InChI=1S/C22H34N6O2S/c1-14-8-9-16(10-18(14)31(23,29)30)26-20-24-13-15(2)19(27-20)25-17-11-21(3,4)28(7)22(5,6)12-17/h8-10,13,17H,11-12H2,1-7H3,(H2,23,29,30)(H2,24,25,26,27). The first-order valence-electron chi connectivity index (χ1n) is 10.4. The van der Waals surface area contributed by atoms with Crippen molar-refractivity contribution in [3.8, 4) is 0 Å². The van der Waals surface area contributed by atoms with Crippen LogP contribution in [0.3, 0.4) is 0 Å². The minimum atomic E-state index is -3.81. The largest absolute Gasteiger partial charge is 0.367 e. The Hall–Kier alpha value is -2.23. The second-order valence-electron chi connectivity index (χ2n) is 9.81. The van der Waals surface area contributed by atoms with Crippen molar-refractivity contribution in [2.45, 2.75) is 76.4 Å². The molecule has 9 heteroatoms. The van der Waals surface area contributed by atoms with E-state index in [0.717, 1.165) is 24.2 Å². The molecule has 3 rings (SSSR count). The van der Waals surface area contributed by atoms with Crippen molar-refractivity contribution >= 4 is 27.5 Å². The van der Waals surface area contributed by atoms with Gasteiger partial charge in [-0.1, -0.05) is 6.07 Å². The van der Waals surface area contributed by atoms with Gasteiger partial charge in [0.1, 0.15) is 5.82 Å². The minimum Gasteiger partial charge on any atom is -0.367 e. The molecule has 0 amide bonds. The van der Waals surface area contributed by atoms with Crippen LogP contribution >= 0.6 is 0 Å². The first-order chi connectivity index (χ1) is 14.2. The third-order valence-electron chi connectivity index (χ3n) is 6.37. The molecule has 0 bridgehead atoms. The van der Waals surface area contributed by atoms with E-state index in [4.69, 9.17) is 5.14 Å². The lowest BCUT2D eigenvalue weighted by molar-refractivity contribution is -0.00773. The highest BCUT2D eigenvalue weighted by molar-refractivity contribution is 7.89. The second kappa shape index (κ2) is 8.03. The molecule has 0 radical (unpaired) electrons. The van der Waals surface area contributed by atoms with Crippen molar-refractivity contribution in [3.63, 3.8) is 0 Å². The normalized spacial score (nSPS) is 19.2. The van der Waals surface area contributed by atoms with Gasteiger partial charge in [-0.25, -0.2) is 18.5 Å². The number of primary sulfonamides is 1. The molecule has 4 N–H and O–H groups in total. The summed E-state index contributed by atoms with van der Waals surface area (Å²) < 4.78 is 23.6. The van der Waals surface area contributed by atoms with E-state index >= 15 is 0 Å². The van der Waals surface area contributed by atoms with Gasteiger partial charge in [0.2, 0.25) is 16.0 Å². The van der Waals surface area contributed by atoms with Crippen molar-refractivity contribution in [2.24, 2.45) is 5.14 Å². The maximum atomic E-state index is 11.8. The fourth-order valence-corrected chi connectivity index (χ4v) is 5.24. The molecule has 2 heterocycles. The van der Waals surface area contributed by atoms with Crippen LogP contribution in [0.4, 0.5) is 17.5 Å². The summed E-state index contributed by atoms with van der Waals surface area (Å²) in [6, 6.07) is 5.26. The van der Waals surface area contributed by atoms with Gasteiger partial charge >= 0.3 is 0 Å². The summed E-state index contributed by atoms with van der Waals surface area (Å²) in [4.78, 5) is 11.5. The molecule has 170 valence electrons. The van der Waals surface area contributed by atoms with Gasteiger partial charge < -0.3 is 10.6 Å². The number of hydrogen-bond acceptors (Lipinski definition) is 7. The number of piperidine rings is 1. The monoisotopic (exact) mass is 446 g/mol. The van der Waals surface area contributed by atoms with E-state index in [1.165, 1.54) is 6.07 Å². The zero-order valence-corrected chi connectivity index (χ0v) is 20.3. The molecular weight excluding hydrogens is 412 g/mol. The fourth-order valence-electron chi connectivity index (χ4n) is 4.43. The molecule has 1 aromatic carbocycles. The van der Waals surface area contributed by atoms with Gasteiger partial charge in [0, 0.05) is 34.6 Å². The quantitative estimate of drug-likeness (QED) is 0.644. The smallest absolute Gasteiger partial charge is 0.238 e. The number of aromatic nitrogens is 2. The van der Waals surface area contributed by atoms with Crippen LogP contribution in [0.5, 0.6) is 0 Å². The van der Waals surface area contributed by atoms with Crippen LogP contribution in [-0.4, -0.2) is 47.5 Å². The number of likely N-dealkylation sites (tertiary alicyclic amines) is 1. The Morgan fingerprint density at radius 3 is 2.29 bits per heavy atom. The van der Waals surface area contributed by atoms with Gasteiger partial charge in [0.05, 0.1) is 4.90 Å². The topological polar surface area (TPSA) is 113 Å². The number of nitrogens with two attached hydrogens (primary N) is 1. The Bertz CT molecular complexity index is 1060. The maximum Gasteiger partial charge on any atom is 0.238 e. The fraction of sp³-hybridized carbons (Fsp3) is 0.545. The van der Waals surface area contributed by atoms with Gasteiger partial charge in [-0.3, -0.25) is 4.90 Å². The number of rotatable bonds is 5. The molecular formula is C22H34N6O2S. The average Bonchev–Trinajstić information content (AvgIpc) is 2.62. The van der Waals surface area contributed by atoms with Crippen molar-refractivity contribution < 1.29 is 8.42 Å². The molecule has 0 spiro atoms. The number of hydrogen-bond donors (Lipinski definition) is 3. The number of nitrogens with one attached hydrogen (secondary N) is 2. The van der Waals surface area contributed by atoms with Crippen LogP contribution in [-0.2, 0) is 10.0 Å². The van der Waals surface area contributed by atoms with E-state index in [9.17, 15) is 8.42 Å². The lowest BCUT2D eigenvalue weighted by Crippen LogP contribution is -2.61. The van der Waals surface area contributed by atoms with Gasteiger partial charge in [0.25, 0.3) is 0 Å². The van der Waals surface area contributed by atoms with E-state index in [0.29, 0.717) is 17.2 Å². The van der Waals surface area contributed by atoms with Gasteiger partial charge in [-0.2, -0.15) is 4.98 Å². The summed E-state index contributed by atoms with van der Waals surface area (Å²) in [5, 5.41) is 12.0. The van der Waals surface area contributed by atoms with Crippen molar-refractivity contribution in [1.82, 2.24) is 14.9 Å². The summed E-state index contributed by atoms with van der Waals surface area (Å²) in [6.45, 7) is 12.7. The zero-order chi connectivity index (χ0) is 23.2. The Morgan fingerprint density at radius 2 is 1.71 bits per heavy atom. The first-order valence-corrected chi connectivity index (χ1v) is 12.0. The number of aryl methyl sites for hydroxylation is 2. The Balaban J connectivity index is 1.83. The summed E-state index contributed by atoms with van der Waals surface area (Å²) in [7, 11) is -1.62. The minimum absolute atomic E-state index is 0.0629. The summed E-state index contributed by atoms with van der Waals surface area (Å²) in [5.74, 6) is 1.17. The van der Waals surface area contributed by atoms with Crippen molar-refractivity contribution in [2.75, 3.05) is 17.7 Å². The molecule has 1 aliphatic rings. The van der Waals surface area contributed by atoms with Crippen molar-refractivity contribution in [3.05, 3.63) is 35.5 Å². The van der Waals surface area contributed by atoms with E-state index in [1.54, 1.807) is 25.3 Å².